The van der Waals surface area contributed by atoms with Gasteiger partial charge in [0.1, 0.15) is 6.17 Å². The molecule has 0 saturated carbocycles. The molecule has 4 nitrogen and oxygen atoms in total. The summed E-state index contributed by atoms with van der Waals surface area (Å²) in [6.07, 6.45) is -0.0664. The second-order valence-corrected chi connectivity index (χ2v) is 6.17. The van der Waals surface area contributed by atoms with Gasteiger partial charge in [0.15, 0.2) is 5.82 Å². The lowest BCUT2D eigenvalue weighted by molar-refractivity contribution is 0.227. The van der Waals surface area contributed by atoms with E-state index in [0.29, 0.717) is 6.54 Å². The minimum Gasteiger partial charge on any atom is -0.352 e. The summed E-state index contributed by atoms with van der Waals surface area (Å²) in [4.78, 5) is 1.97. The Balaban J connectivity index is 2.07. The highest BCUT2D eigenvalue weighted by Crippen LogP contribution is 2.23. The summed E-state index contributed by atoms with van der Waals surface area (Å²) in [5.41, 5.74) is 0.950. The maximum Gasteiger partial charge on any atom is 0.151 e. The Bertz CT molecular complexity index is 412. The highest BCUT2D eigenvalue weighted by Gasteiger charge is 2.29. The zero-order valence-electron chi connectivity index (χ0n) is 12.2. The van der Waals surface area contributed by atoms with Crippen molar-refractivity contribution in [3.05, 3.63) is 17.8 Å². The monoisotopic (exact) mass is 266 g/mol. The first-order chi connectivity index (χ1) is 8.91. The second-order valence-electron chi connectivity index (χ2n) is 6.17. The number of nitrogens with zero attached hydrogens (tertiary/aromatic N) is 3. The zero-order valence-corrected chi connectivity index (χ0v) is 12.2. The topological polar surface area (TPSA) is 41.0 Å². The Hall–Kier alpha value is -1.23. The van der Waals surface area contributed by atoms with Crippen LogP contribution in [0.1, 0.15) is 32.9 Å². The molecule has 1 aliphatic rings. The molecule has 0 bridgehead atoms. The van der Waals surface area contributed by atoms with Crippen molar-refractivity contribution in [1.82, 2.24) is 15.5 Å². The SMILES string of the molecule is CN[C@@H]1CCN(c2ccc(C(C)(C)C)nn2)C[C@H]1F. The van der Waals surface area contributed by atoms with E-state index in [4.69, 9.17) is 0 Å². The van der Waals surface area contributed by atoms with Gasteiger partial charge in [-0.25, -0.2) is 4.39 Å². The highest BCUT2D eigenvalue weighted by molar-refractivity contribution is 5.39. The van der Waals surface area contributed by atoms with Crippen LogP contribution in [0.2, 0.25) is 0 Å². The van der Waals surface area contributed by atoms with Crippen molar-refractivity contribution in [2.75, 3.05) is 25.0 Å². The molecule has 1 N–H and O–H groups in total. The van der Waals surface area contributed by atoms with E-state index >= 15 is 0 Å². The molecule has 1 aliphatic heterocycles. The number of anilines is 1. The first-order valence-corrected chi connectivity index (χ1v) is 6.82. The fraction of sp³-hybridized carbons (Fsp3) is 0.714. The van der Waals surface area contributed by atoms with Crippen LogP contribution in [-0.4, -0.2) is 42.5 Å². The van der Waals surface area contributed by atoms with Crippen LogP contribution in [0.15, 0.2) is 12.1 Å². The van der Waals surface area contributed by atoms with Gasteiger partial charge in [-0.2, -0.15) is 5.10 Å². The lowest BCUT2D eigenvalue weighted by Crippen LogP contribution is -2.50. The van der Waals surface area contributed by atoms with Crippen molar-refractivity contribution >= 4 is 5.82 Å². The normalized spacial score (nSPS) is 24.6. The molecule has 1 fully saturated rings. The highest BCUT2D eigenvalue weighted by atomic mass is 19.1. The van der Waals surface area contributed by atoms with E-state index in [1.165, 1.54) is 0 Å². The van der Waals surface area contributed by atoms with Crippen LogP contribution in [0.25, 0.3) is 0 Å². The molecular weight excluding hydrogens is 243 g/mol. The average molecular weight is 266 g/mol. The van der Waals surface area contributed by atoms with Crippen molar-refractivity contribution in [1.29, 1.82) is 0 Å². The van der Waals surface area contributed by atoms with Crippen molar-refractivity contribution < 1.29 is 4.39 Å². The predicted octanol–water partition coefficient (Wildman–Crippen LogP) is 1.91. The average Bonchev–Trinajstić information content (AvgIpc) is 2.38. The Morgan fingerprint density at radius 1 is 1.32 bits per heavy atom. The fourth-order valence-electron chi connectivity index (χ4n) is 2.33. The van der Waals surface area contributed by atoms with E-state index < -0.39 is 6.17 Å². The number of piperidine rings is 1. The Labute approximate surface area is 114 Å². The molecule has 19 heavy (non-hydrogen) atoms. The molecule has 2 heterocycles. The van der Waals surface area contributed by atoms with Crippen molar-refractivity contribution in [2.45, 2.75) is 44.8 Å². The number of nitrogens with one attached hydrogen (secondary N) is 1. The van der Waals surface area contributed by atoms with Gasteiger partial charge in [0.05, 0.1) is 12.2 Å². The second kappa shape index (κ2) is 5.41. The lowest BCUT2D eigenvalue weighted by atomic mass is 9.92. The quantitative estimate of drug-likeness (QED) is 0.888. The molecule has 1 aromatic heterocycles. The number of rotatable bonds is 2. The smallest absolute Gasteiger partial charge is 0.151 e. The van der Waals surface area contributed by atoms with E-state index in [1.54, 1.807) is 0 Å². The van der Waals surface area contributed by atoms with E-state index in [-0.39, 0.29) is 11.5 Å². The largest absolute Gasteiger partial charge is 0.352 e. The van der Waals surface area contributed by atoms with Gasteiger partial charge >= 0.3 is 0 Å². The van der Waals surface area contributed by atoms with Gasteiger partial charge in [0, 0.05) is 18.0 Å². The van der Waals surface area contributed by atoms with Crippen LogP contribution in [0, 0.1) is 0 Å². The van der Waals surface area contributed by atoms with Crippen LogP contribution in [0.3, 0.4) is 0 Å². The minimum absolute atomic E-state index is 0.00667. The third kappa shape index (κ3) is 3.21. The maximum atomic E-state index is 13.9. The van der Waals surface area contributed by atoms with Gasteiger partial charge in [-0.15, -0.1) is 5.10 Å². The van der Waals surface area contributed by atoms with E-state index in [9.17, 15) is 4.39 Å². The van der Waals surface area contributed by atoms with Gasteiger partial charge in [-0.05, 0) is 25.6 Å². The van der Waals surface area contributed by atoms with Crippen molar-refractivity contribution in [3.63, 3.8) is 0 Å². The fourth-order valence-corrected chi connectivity index (χ4v) is 2.33. The molecule has 0 amide bonds. The van der Waals surface area contributed by atoms with E-state index in [0.717, 1.165) is 24.5 Å². The first-order valence-electron chi connectivity index (χ1n) is 6.82. The van der Waals surface area contributed by atoms with Crippen LogP contribution >= 0.6 is 0 Å². The first kappa shape index (κ1) is 14.2. The van der Waals surface area contributed by atoms with E-state index in [2.05, 4.69) is 36.3 Å². The summed E-state index contributed by atoms with van der Waals surface area (Å²) in [6, 6.07) is 3.89. The molecular formula is C14H23FN4. The maximum absolute atomic E-state index is 13.9. The number of hydrogen-bond acceptors (Lipinski definition) is 4. The molecule has 2 atom stereocenters. The van der Waals surface area contributed by atoms with Crippen LogP contribution in [-0.2, 0) is 5.41 Å². The molecule has 0 unspecified atom stereocenters. The summed E-state index contributed by atoms with van der Waals surface area (Å²) < 4.78 is 13.9. The minimum atomic E-state index is -0.858. The van der Waals surface area contributed by atoms with Crippen molar-refractivity contribution in [3.8, 4) is 0 Å². The standard InChI is InChI=1S/C14H23FN4/c1-14(2,3)12-5-6-13(18-17-12)19-8-7-11(16-4)10(15)9-19/h5-6,10-11,16H,7-9H2,1-4H3/t10-,11-/m1/s1. The van der Waals surface area contributed by atoms with Gasteiger partial charge in [-0.3, -0.25) is 0 Å². The zero-order chi connectivity index (χ0) is 14.0. The Kier molecular flexibility index (Phi) is 4.04. The molecule has 106 valence electrons. The lowest BCUT2D eigenvalue weighted by Gasteiger charge is -2.35. The number of hydrogen-bond donors (Lipinski definition) is 1. The summed E-state index contributed by atoms with van der Waals surface area (Å²) in [6.45, 7) is 7.51. The third-order valence-electron chi connectivity index (χ3n) is 3.66. The molecule has 0 aromatic carbocycles. The van der Waals surface area contributed by atoms with Gasteiger partial charge < -0.3 is 10.2 Å². The number of halogens is 1. The van der Waals surface area contributed by atoms with Crippen LogP contribution < -0.4 is 10.2 Å². The molecule has 2 rings (SSSR count). The van der Waals surface area contributed by atoms with E-state index in [1.807, 2.05) is 24.1 Å². The van der Waals surface area contributed by atoms with Gasteiger partial charge in [0.25, 0.3) is 0 Å². The number of alkyl halides is 1. The van der Waals surface area contributed by atoms with Gasteiger partial charge in [-0.1, -0.05) is 20.8 Å². The molecule has 5 heteroatoms. The number of aromatic nitrogens is 2. The van der Waals surface area contributed by atoms with Crippen LogP contribution in [0.4, 0.5) is 10.2 Å². The predicted molar refractivity (Wildman–Crippen MR) is 75.3 cm³/mol. The Morgan fingerprint density at radius 3 is 2.53 bits per heavy atom. The summed E-state index contributed by atoms with van der Waals surface area (Å²) in [7, 11) is 1.81. The molecule has 0 aliphatic carbocycles. The molecule has 0 radical (unpaired) electrons. The third-order valence-corrected chi connectivity index (χ3v) is 3.66. The van der Waals surface area contributed by atoms with Gasteiger partial charge in [0.2, 0.25) is 0 Å². The molecule has 1 aromatic rings. The Morgan fingerprint density at radius 2 is 2.05 bits per heavy atom. The summed E-state index contributed by atoms with van der Waals surface area (Å²) in [5.74, 6) is 0.769. The molecule has 1 saturated heterocycles. The summed E-state index contributed by atoms with van der Waals surface area (Å²) >= 11 is 0. The van der Waals surface area contributed by atoms with Crippen LogP contribution in [0.5, 0.6) is 0 Å². The van der Waals surface area contributed by atoms with Crippen molar-refractivity contribution in [2.24, 2.45) is 0 Å². The molecule has 0 spiro atoms. The summed E-state index contributed by atoms with van der Waals surface area (Å²) in [5, 5.41) is 11.5.